The summed E-state index contributed by atoms with van der Waals surface area (Å²) in [7, 11) is 0. The molecule has 0 radical (unpaired) electrons. The second-order valence-corrected chi connectivity index (χ2v) is 3.19. The van der Waals surface area contributed by atoms with Crippen molar-refractivity contribution in [1.29, 1.82) is 0 Å². The first-order valence-electron chi connectivity index (χ1n) is 4.30. The van der Waals surface area contributed by atoms with E-state index in [2.05, 4.69) is 19.2 Å². The van der Waals surface area contributed by atoms with Crippen molar-refractivity contribution >= 4 is 0 Å². The van der Waals surface area contributed by atoms with Crippen LogP contribution < -0.4 is 5.73 Å². The smallest absolute Gasteiger partial charge is 0.00741 e. The third kappa shape index (κ3) is 4.91. The third-order valence-electron chi connectivity index (χ3n) is 1.62. The van der Waals surface area contributed by atoms with Crippen LogP contribution in [0.15, 0.2) is 36.0 Å². The summed E-state index contributed by atoms with van der Waals surface area (Å²) < 4.78 is 0. The SMILES string of the molecule is C=C(C)/C=C(/CCCN)C(=C)C. The topological polar surface area (TPSA) is 26.0 Å². The molecule has 0 aromatic heterocycles. The maximum absolute atomic E-state index is 5.43. The van der Waals surface area contributed by atoms with Crippen LogP contribution in [-0.4, -0.2) is 6.54 Å². The molecule has 0 saturated carbocycles. The maximum Gasteiger partial charge on any atom is -0.00741 e. The molecule has 0 aliphatic heterocycles. The molecule has 0 spiro atoms. The quantitative estimate of drug-likeness (QED) is 0.623. The summed E-state index contributed by atoms with van der Waals surface area (Å²) in [4.78, 5) is 0. The Hall–Kier alpha value is -0.820. The highest BCUT2D eigenvalue weighted by atomic mass is 14.5. The van der Waals surface area contributed by atoms with Crippen molar-refractivity contribution in [2.24, 2.45) is 5.73 Å². The predicted octanol–water partition coefficient (Wildman–Crippen LogP) is 2.80. The molecule has 0 amide bonds. The van der Waals surface area contributed by atoms with Gasteiger partial charge in [0, 0.05) is 0 Å². The van der Waals surface area contributed by atoms with E-state index < -0.39 is 0 Å². The monoisotopic (exact) mass is 165 g/mol. The van der Waals surface area contributed by atoms with Gasteiger partial charge in [0.25, 0.3) is 0 Å². The summed E-state index contributed by atoms with van der Waals surface area (Å²) in [5, 5.41) is 0. The highest BCUT2D eigenvalue weighted by Crippen LogP contribution is 2.15. The lowest BCUT2D eigenvalue weighted by Crippen LogP contribution is -1.99. The van der Waals surface area contributed by atoms with Gasteiger partial charge in [-0.3, -0.25) is 0 Å². The van der Waals surface area contributed by atoms with E-state index in [1.54, 1.807) is 0 Å². The first-order valence-corrected chi connectivity index (χ1v) is 4.30. The van der Waals surface area contributed by atoms with Gasteiger partial charge in [-0.05, 0) is 38.8 Å². The molecule has 0 saturated heterocycles. The van der Waals surface area contributed by atoms with Crippen LogP contribution in [0.1, 0.15) is 26.7 Å². The molecule has 0 rings (SSSR count). The van der Waals surface area contributed by atoms with Crippen molar-refractivity contribution in [2.75, 3.05) is 6.54 Å². The molecule has 0 bridgehead atoms. The minimum atomic E-state index is 0.737. The van der Waals surface area contributed by atoms with Crippen molar-refractivity contribution in [2.45, 2.75) is 26.7 Å². The lowest BCUT2D eigenvalue weighted by Gasteiger charge is -2.05. The molecule has 0 fully saturated rings. The Balaban J connectivity index is 4.23. The highest BCUT2D eigenvalue weighted by Gasteiger charge is 1.96. The van der Waals surface area contributed by atoms with E-state index in [1.807, 2.05) is 13.8 Å². The Morgan fingerprint density at radius 1 is 1.33 bits per heavy atom. The molecule has 0 aliphatic rings. The van der Waals surface area contributed by atoms with Crippen LogP contribution in [0.2, 0.25) is 0 Å². The zero-order valence-corrected chi connectivity index (χ0v) is 8.19. The van der Waals surface area contributed by atoms with Gasteiger partial charge in [-0.15, -0.1) is 0 Å². The molecule has 2 N–H and O–H groups in total. The van der Waals surface area contributed by atoms with Gasteiger partial charge in [-0.25, -0.2) is 0 Å². The normalized spacial score (nSPS) is 11.4. The van der Waals surface area contributed by atoms with E-state index in [-0.39, 0.29) is 0 Å². The summed E-state index contributed by atoms with van der Waals surface area (Å²) in [6.07, 6.45) is 4.11. The first kappa shape index (κ1) is 11.2. The second kappa shape index (κ2) is 5.78. The minimum Gasteiger partial charge on any atom is -0.330 e. The molecule has 1 heteroatoms. The van der Waals surface area contributed by atoms with Crippen LogP contribution in [0.25, 0.3) is 0 Å². The lowest BCUT2D eigenvalue weighted by molar-refractivity contribution is 0.827. The van der Waals surface area contributed by atoms with E-state index in [1.165, 1.54) is 5.57 Å². The first-order chi connectivity index (χ1) is 5.57. The van der Waals surface area contributed by atoms with Crippen molar-refractivity contribution in [3.63, 3.8) is 0 Å². The Kier molecular flexibility index (Phi) is 5.39. The third-order valence-corrected chi connectivity index (χ3v) is 1.62. The molecule has 0 aromatic carbocycles. The second-order valence-electron chi connectivity index (χ2n) is 3.19. The fourth-order valence-corrected chi connectivity index (χ4v) is 0.999. The van der Waals surface area contributed by atoms with Crippen LogP contribution in [0, 0.1) is 0 Å². The summed E-state index contributed by atoms with van der Waals surface area (Å²) in [5.74, 6) is 0. The number of nitrogens with two attached hydrogens (primary N) is 1. The van der Waals surface area contributed by atoms with E-state index in [4.69, 9.17) is 5.73 Å². The maximum atomic E-state index is 5.43. The average Bonchev–Trinajstić information content (AvgIpc) is 1.96. The summed E-state index contributed by atoms with van der Waals surface area (Å²) in [6.45, 7) is 12.5. The van der Waals surface area contributed by atoms with Gasteiger partial charge in [-0.1, -0.05) is 30.4 Å². The molecule has 0 atom stereocenters. The van der Waals surface area contributed by atoms with Crippen molar-refractivity contribution < 1.29 is 0 Å². The average molecular weight is 165 g/mol. The molecule has 0 heterocycles. The van der Waals surface area contributed by atoms with Crippen molar-refractivity contribution in [3.05, 3.63) is 36.0 Å². The van der Waals surface area contributed by atoms with Gasteiger partial charge >= 0.3 is 0 Å². The Morgan fingerprint density at radius 2 is 1.92 bits per heavy atom. The zero-order valence-electron chi connectivity index (χ0n) is 8.19. The van der Waals surface area contributed by atoms with Crippen LogP contribution in [-0.2, 0) is 0 Å². The van der Waals surface area contributed by atoms with Crippen molar-refractivity contribution in [3.8, 4) is 0 Å². The van der Waals surface area contributed by atoms with Gasteiger partial charge in [0.05, 0.1) is 0 Å². The summed E-state index contributed by atoms with van der Waals surface area (Å²) in [5.41, 5.74) is 8.89. The number of allylic oxidation sites excluding steroid dienone is 4. The number of hydrogen-bond acceptors (Lipinski definition) is 1. The highest BCUT2D eigenvalue weighted by molar-refractivity contribution is 5.32. The van der Waals surface area contributed by atoms with Gasteiger partial charge in [-0.2, -0.15) is 0 Å². The van der Waals surface area contributed by atoms with Crippen LogP contribution in [0.3, 0.4) is 0 Å². The molecular weight excluding hydrogens is 146 g/mol. The molecular formula is C11H19N. The largest absolute Gasteiger partial charge is 0.330 e. The molecule has 68 valence electrons. The molecule has 0 unspecified atom stereocenters. The zero-order chi connectivity index (χ0) is 9.56. The van der Waals surface area contributed by atoms with E-state index in [0.717, 1.165) is 30.5 Å². The molecule has 0 aliphatic carbocycles. The number of rotatable bonds is 5. The van der Waals surface area contributed by atoms with Crippen LogP contribution >= 0.6 is 0 Å². The Labute approximate surface area is 75.7 Å². The van der Waals surface area contributed by atoms with Crippen LogP contribution in [0.5, 0.6) is 0 Å². The van der Waals surface area contributed by atoms with Gasteiger partial charge in [0.1, 0.15) is 0 Å². The molecule has 12 heavy (non-hydrogen) atoms. The van der Waals surface area contributed by atoms with Crippen LogP contribution in [0.4, 0.5) is 0 Å². The molecule has 0 aromatic rings. The summed E-state index contributed by atoms with van der Waals surface area (Å²) >= 11 is 0. The number of hydrogen-bond donors (Lipinski definition) is 1. The predicted molar refractivity (Wildman–Crippen MR) is 56.0 cm³/mol. The Morgan fingerprint density at radius 3 is 2.25 bits per heavy atom. The fourth-order valence-electron chi connectivity index (χ4n) is 0.999. The van der Waals surface area contributed by atoms with E-state index >= 15 is 0 Å². The minimum absolute atomic E-state index is 0.737. The van der Waals surface area contributed by atoms with Crippen molar-refractivity contribution in [1.82, 2.24) is 0 Å². The van der Waals surface area contributed by atoms with Gasteiger partial charge in [0.2, 0.25) is 0 Å². The molecule has 1 nitrogen and oxygen atoms in total. The van der Waals surface area contributed by atoms with E-state index in [0.29, 0.717) is 0 Å². The standard InChI is InChI=1S/C11H19N/c1-9(2)8-11(10(3)4)6-5-7-12/h8H,1,3,5-7,12H2,2,4H3/b11-8-. The summed E-state index contributed by atoms with van der Waals surface area (Å²) in [6, 6.07) is 0. The van der Waals surface area contributed by atoms with Gasteiger partial charge in [0.15, 0.2) is 0 Å². The Bertz CT molecular complexity index is 199. The fraction of sp³-hybridized carbons (Fsp3) is 0.455. The van der Waals surface area contributed by atoms with Gasteiger partial charge < -0.3 is 5.73 Å². The van der Waals surface area contributed by atoms with E-state index in [9.17, 15) is 0 Å². The lowest BCUT2D eigenvalue weighted by atomic mass is 10.0.